The quantitative estimate of drug-likeness (QED) is 0.743. The van der Waals surface area contributed by atoms with E-state index in [1.54, 1.807) is 12.1 Å². The van der Waals surface area contributed by atoms with Gasteiger partial charge in [0.2, 0.25) is 0 Å². The van der Waals surface area contributed by atoms with Crippen LogP contribution in [0.5, 0.6) is 5.75 Å². The molecule has 3 rings (SSSR count). The summed E-state index contributed by atoms with van der Waals surface area (Å²) in [6, 6.07) is 14.8. The molecule has 0 spiro atoms. The molecule has 0 aliphatic heterocycles. The highest BCUT2D eigenvalue weighted by atomic mass is 16.5. The summed E-state index contributed by atoms with van der Waals surface area (Å²) in [6.45, 7) is 3.86. The molecule has 0 radical (unpaired) electrons. The first-order valence-corrected chi connectivity index (χ1v) is 8.07. The fourth-order valence-corrected chi connectivity index (χ4v) is 2.27. The zero-order valence-corrected chi connectivity index (χ0v) is 14.2. The second-order valence-corrected chi connectivity index (χ2v) is 5.55. The predicted molar refractivity (Wildman–Crippen MR) is 94.4 cm³/mol. The lowest BCUT2D eigenvalue weighted by Gasteiger charge is -2.09. The molecule has 0 saturated carbocycles. The summed E-state index contributed by atoms with van der Waals surface area (Å²) in [5, 5.41) is 6.67. The molecule has 0 aliphatic carbocycles. The van der Waals surface area contributed by atoms with Crippen LogP contribution in [0.3, 0.4) is 0 Å². The van der Waals surface area contributed by atoms with Crippen LogP contribution in [0.2, 0.25) is 0 Å². The average Bonchev–Trinajstić information content (AvgIpc) is 3.11. The Bertz CT molecular complexity index is 856. The standard InChI is InChI=1S/C19H19N3O3/c1-3-17-21-19(25-22-17)14-8-10-15(11-9-14)20-18(23)12-24-16-7-5-4-6-13(16)2/h4-11H,3,12H2,1-2H3,(H,20,23). The van der Waals surface area contributed by atoms with Crippen LogP contribution in [0.1, 0.15) is 18.3 Å². The van der Waals surface area contributed by atoms with Crippen molar-refractivity contribution in [1.29, 1.82) is 0 Å². The maximum absolute atomic E-state index is 12.0. The first-order chi connectivity index (χ1) is 12.2. The number of hydrogen-bond acceptors (Lipinski definition) is 5. The van der Waals surface area contributed by atoms with E-state index in [2.05, 4.69) is 15.5 Å². The monoisotopic (exact) mass is 337 g/mol. The number of carbonyl (C=O) groups excluding carboxylic acids is 1. The number of aryl methyl sites for hydroxylation is 2. The van der Waals surface area contributed by atoms with E-state index in [0.29, 0.717) is 23.2 Å². The van der Waals surface area contributed by atoms with Gasteiger partial charge in [-0.2, -0.15) is 4.98 Å². The topological polar surface area (TPSA) is 77.2 Å². The largest absolute Gasteiger partial charge is 0.483 e. The number of hydrogen-bond donors (Lipinski definition) is 1. The van der Waals surface area contributed by atoms with Gasteiger partial charge >= 0.3 is 0 Å². The van der Waals surface area contributed by atoms with Crippen molar-refractivity contribution in [3.05, 3.63) is 59.9 Å². The third-order valence-electron chi connectivity index (χ3n) is 3.65. The molecular weight excluding hydrogens is 318 g/mol. The van der Waals surface area contributed by atoms with E-state index < -0.39 is 0 Å². The van der Waals surface area contributed by atoms with E-state index in [4.69, 9.17) is 9.26 Å². The summed E-state index contributed by atoms with van der Waals surface area (Å²) in [5.74, 6) is 1.62. The van der Waals surface area contributed by atoms with E-state index in [1.807, 2.05) is 50.2 Å². The first-order valence-electron chi connectivity index (χ1n) is 8.07. The van der Waals surface area contributed by atoms with Gasteiger partial charge in [0.15, 0.2) is 12.4 Å². The smallest absolute Gasteiger partial charge is 0.262 e. The third-order valence-corrected chi connectivity index (χ3v) is 3.65. The molecule has 2 aromatic carbocycles. The zero-order chi connectivity index (χ0) is 17.6. The van der Waals surface area contributed by atoms with Gasteiger partial charge in [-0.3, -0.25) is 4.79 Å². The van der Waals surface area contributed by atoms with Crippen molar-refractivity contribution < 1.29 is 14.1 Å². The normalized spacial score (nSPS) is 10.5. The number of nitrogens with one attached hydrogen (secondary N) is 1. The molecule has 25 heavy (non-hydrogen) atoms. The van der Waals surface area contributed by atoms with E-state index in [-0.39, 0.29) is 12.5 Å². The molecule has 0 saturated heterocycles. The lowest BCUT2D eigenvalue weighted by molar-refractivity contribution is -0.118. The number of aromatic nitrogens is 2. The van der Waals surface area contributed by atoms with Crippen molar-refractivity contribution in [2.24, 2.45) is 0 Å². The molecule has 1 N–H and O–H groups in total. The number of nitrogens with zero attached hydrogens (tertiary/aromatic N) is 2. The molecular formula is C19H19N3O3. The molecule has 3 aromatic rings. The van der Waals surface area contributed by atoms with Crippen molar-refractivity contribution in [3.8, 4) is 17.2 Å². The number of amides is 1. The number of benzene rings is 2. The maximum Gasteiger partial charge on any atom is 0.262 e. The van der Waals surface area contributed by atoms with Crippen molar-refractivity contribution in [2.75, 3.05) is 11.9 Å². The van der Waals surface area contributed by atoms with Gasteiger partial charge in [0.1, 0.15) is 5.75 Å². The van der Waals surface area contributed by atoms with Crippen molar-refractivity contribution >= 4 is 11.6 Å². The van der Waals surface area contributed by atoms with Crippen LogP contribution in [0, 0.1) is 6.92 Å². The van der Waals surface area contributed by atoms with E-state index in [0.717, 1.165) is 17.5 Å². The van der Waals surface area contributed by atoms with Gasteiger partial charge in [-0.1, -0.05) is 30.3 Å². The van der Waals surface area contributed by atoms with E-state index in [1.165, 1.54) is 0 Å². The Kier molecular flexibility index (Phi) is 5.09. The van der Waals surface area contributed by atoms with Gasteiger partial charge in [0.05, 0.1) is 0 Å². The van der Waals surface area contributed by atoms with Crippen LogP contribution in [0.15, 0.2) is 53.1 Å². The molecule has 6 heteroatoms. The second kappa shape index (κ2) is 7.61. The summed E-state index contributed by atoms with van der Waals surface area (Å²) >= 11 is 0. The Hall–Kier alpha value is -3.15. The van der Waals surface area contributed by atoms with Crippen LogP contribution >= 0.6 is 0 Å². The molecule has 1 heterocycles. The zero-order valence-electron chi connectivity index (χ0n) is 14.2. The number of ether oxygens (including phenoxy) is 1. The average molecular weight is 337 g/mol. The molecule has 6 nitrogen and oxygen atoms in total. The third kappa shape index (κ3) is 4.23. The Balaban J connectivity index is 1.57. The molecule has 0 aliphatic rings. The lowest BCUT2D eigenvalue weighted by Crippen LogP contribution is -2.20. The summed E-state index contributed by atoms with van der Waals surface area (Å²) in [6.07, 6.45) is 0.721. The minimum atomic E-state index is -0.220. The van der Waals surface area contributed by atoms with Crippen LogP contribution in [-0.4, -0.2) is 22.7 Å². The molecule has 0 atom stereocenters. The van der Waals surface area contributed by atoms with Crippen LogP contribution in [0.4, 0.5) is 5.69 Å². The number of para-hydroxylation sites is 1. The summed E-state index contributed by atoms with van der Waals surface area (Å²) < 4.78 is 10.7. The predicted octanol–water partition coefficient (Wildman–Crippen LogP) is 3.62. The molecule has 0 bridgehead atoms. The minimum Gasteiger partial charge on any atom is -0.483 e. The van der Waals surface area contributed by atoms with Gasteiger partial charge < -0.3 is 14.6 Å². The summed E-state index contributed by atoms with van der Waals surface area (Å²) in [5.41, 5.74) is 2.48. The summed E-state index contributed by atoms with van der Waals surface area (Å²) in [4.78, 5) is 16.3. The highest BCUT2D eigenvalue weighted by molar-refractivity contribution is 5.92. The molecule has 0 fully saturated rings. The Morgan fingerprint density at radius 1 is 1.16 bits per heavy atom. The Morgan fingerprint density at radius 3 is 2.60 bits per heavy atom. The first kappa shape index (κ1) is 16.7. The van der Waals surface area contributed by atoms with Crippen LogP contribution in [-0.2, 0) is 11.2 Å². The second-order valence-electron chi connectivity index (χ2n) is 5.55. The molecule has 128 valence electrons. The Labute approximate surface area is 145 Å². The van der Waals surface area contributed by atoms with Crippen molar-refractivity contribution in [3.63, 3.8) is 0 Å². The van der Waals surface area contributed by atoms with Crippen molar-refractivity contribution in [1.82, 2.24) is 10.1 Å². The van der Waals surface area contributed by atoms with Crippen LogP contribution in [0.25, 0.3) is 11.5 Å². The fraction of sp³-hybridized carbons (Fsp3) is 0.211. The SMILES string of the molecule is CCc1noc(-c2ccc(NC(=O)COc3ccccc3C)cc2)n1. The number of rotatable bonds is 6. The highest BCUT2D eigenvalue weighted by Crippen LogP contribution is 2.20. The van der Waals surface area contributed by atoms with E-state index in [9.17, 15) is 4.79 Å². The van der Waals surface area contributed by atoms with Gasteiger partial charge in [0.25, 0.3) is 11.8 Å². The minimum absolute atomic E-state index is 0.0455. The molecule has 1 amide bonds. The van der Waals surface area contributed by atoms with Crippen LogP contribution < -0.4 is 10.1 Å². The summed E-state index contributed by atoms with van der Waals surface area (Å²) in [7, 11) is 0. The van der Waals surface area contributed by atoms with Gasteiger partial charge in [0, 0.05) is 17.7 Å². The number of anilines is 1. The fourth-order valence-electron chi connectivity index (χ4n) is 2.27. The molecule has 1 aromatic heterocycles. The van der Waals surface area contributed by atoms with E-state index >= 15 is 0 Å². The lowest BCUT2D eigenvalue weighted by atomic mass is 10.2. The molecule has 0 unspecified atom stereocenters. The number of carbonyl (C=O) groups is 1. The highest BCUT2D eigenvalue weighted by Gasteiger charge is 2.09. The van der Waals surface area contributed by atoms with Crippen molar-refractivity contribution in [2.45, 2.75) is 20.3 Å². The Morgan fingerprint density at radius 2 is 1.92 bits per heavy atom. The maximum atomic E-state index is 12.0. The van der Waals surface area contributed by atoms with Gasteiger partial charge in [-0.25, -0.2) is 0 Å². The van der Waals surface area contributed by atoms with Gasteiger partial charge in [-0.15, -0.1) is 0 Å². The van der Waals surface area contributed by atoms with Gasteiger partial charge in [-0.05, 0) is 42.8 Å².